The summed E-state index contributed by atoms with van der Waals surface area (Å²) in [6.45, 7) is 1.42. The minimum atomic E-state index is -0.699. The number of fused-ring (bicyclic) bond motifs is 1. The number of thiophene rings is 1. The van der Waals surface area contributed by atoms with Gasteiger partial charge in [0.05, 0.1) is 6.10 Å². The summed E-state index contributed by atoms with van der Waals surface area (Å²) < 4.78 is 11.2. The molecule has 0 saturated heterocycles. The summed E-state index contributed by atoms with van der Waals surface area (Å²) in [6, 6.07) is 9.56. The van der Waals surface area contributed by atoms with Crippen LogP contribution in [0.15, 0.2) is 35.7 Å². The Morgan fingerprint density at radius 1 is 1.20 bits per heavy atom. The van der Waals surface area contributed by atoms with Crippen molar-refractivity contribution in [1.82, 2.24) is 0 Å². The van der Waals surface area contributed by atoms with E-state index in [0.717, 1.165) is 10.4 Å². The predicted molar refractivity (Wildman–Crippen MR) is 78.5 cm³/mol. The number of hydrogen-bond acceptors (Lipinski definition) is 5. The molecule has 1 aromatic carbocycles. The minimum absolute atomic E-state index is 0.132. The van der Waals surface area contributed by atoms with E-state index < -0.39 is 6.10 Å². The molecule has 4 nitrogen and oxygen atoms in total. The van der Waals surface area contributed by atoms with E-state index in [9.17, 15) is 5.11 Å². The molecule has 5 heteroatoms. The van der Waals surface area contributed by atoms with Crippen LogP contribution in [0.4, 0.5) is 0 Å². The van der Waals surface area contributed by atoms with Crippen molar-refractivity contribution in [3.8, 4) is 11.5 Å². The van der Waals surface area contributed by atoms with E-state index in [-0.39, 0.29) is 5.92 Å². The second-order valence-electron chi connectivity index (χ2n) is 4.67. The fraction of sp³-hybridized carbons (Fsp3) is 0.333. The Labute approximate surface area is 121 Å². The number of hydrogen-bond donors (Lipinski definition) is 2. The molecule has 2 aromatic rings. The van der Waals surface area contributed by atoms with Crippen LogP contribution in [0.5, 0.6) is 11.5 Å². The highest BCUT2D eigenvalue weighted by atomic mass is 32.1. The van der Waals surface area contributed by atoms with Crippen molar-refractivity contribution in [1.29, 1.82) is 0 Å². The van der Waals surface area contributed by atoms with Gasteiger partial charge in [0.15, 0.2) is 11.5 Å². The maximum Gasteiger partial charge on any atom is 0.167 e. The van der Waals surface area contributed by atoms with Gasteiger partial charge in [-0.15, -0.1) is 11.3 Å². The van der Waals surface area contributed by atoms with E-state index in [2.05, 4.69) is 0 Å². The van der Waals surface area contributed by atoms with Gasteiger partial charge in [0.2, 0.25) is 0 Å². The molecule has 0 saturated carbocycles. The number of rotatable bonds is 4. The van der Waals surface area contributed by atoms with Gasteiger partial charge in [-0.1, -0.05) is 18.2 Å². The average molecular weight is 291 g/mol. The lowest BCUT2D eigenvalue weighted by atomic mass is 9.93. The first-order valence-electron chi connectivity index (χ1n) is 6.61. The Morgan fingerprint density at radius 2 is 2.05 bits per heavy atom. The van der Waals surface area contributed by atoms with Gasteiger partial charge < -0.3 is 20.3 Å². The van der Waals surface area contributed by atoms with E-state index in [4.69, 9.17) is 15.2 Å². The third kappa shape index (κ3) is 2.40. The topological polar surface area (TPSA) is 64.7 Å². The molecule has 1 aliphatic rings. The zero-order valence-corrected chi connectivity index (χ0v) is 11.8. The van der Waals surface area contributed by atoms with Crippen LogP contribution in [0.1, 0.15) is 22.5 Å². The Bertz CT molecular complexity index is 571. The predicted octanol–water partition coefficient (Wildman–Crippen LogP) is 2.30. The number of aliphatic hydroxyl groups excluding tert-OH is 1. The second kappa shape index (κ2) is 5.83. The molecule has 0 fully saturated rings. The lowest BCUT2D eigenvalue weighted by molar-refractivity contribution is 0.130. The monoisotopic (exact) mass is 291 g/mol. The van der Waals surface area contributed by atoms with Crippen molar-refractivity contribution in [2.24, 2.45) is 5.73 Å². The summed E-state index contributed by atoms with van der Waals surface area (Å²) in [5.41, 5.74) is 6.59. The van der Waals surface area contributed by atoms with Crippen LogP contribution in [0, 0.1) is 0 Å². The quantitative estimate of drug-likeness (QED) is 0.907. The van der Waals surface area contributed by atoms with Gasteiger partial charge in [-0.2, -0.15) is 0 Å². The first-order valence-corrected chi connectivity index (χ1v) is 7.49. The van der Waals surface area contributed by atoms with Crippen molar-refractivity contribution in [3.63, 3.8) is 0 Å². The highest BCUT2D eigenvalue weighted by Gasteiger charge is 2.27. The Hall–Kier alpha value is -1.56. The van der Waals surface area contributed by atoms with Gasteiger partial charge >= 0.3 is 0 Å². The molecular weight excluding hydrogens is 274 g/mol. The highest BCUT2D eigenvalue weighted by molar-refractivity contribution is 7.10. The average Bonchev–Trinajstić information content (AvgIpc) is 3.01. The van der Waals surface area contributed by atoms with Crippen molar-refractivity contribution >= 4 is 11.3 Å². The van der Waals surface area contributed by atoms with Crippen LogP contribution < -0.4 is 15.2 Å². The molecule has 2 atom stereocenters. The van der Waals surface area contributed by atoms with E-state index in [0.29, 0.717) is 31.3 Å². The number of benzene rings is 1. The van der Waals surface area contributed by atoms with Crippen molar-refractivity contribution in [2.45, 2.75) is 12.0 Å². The van der Waals surface area contributed by atoms with Crippen LogP contribution in [0.3, 0.4) is 0 Å². The third-order valence-electron chi connectivity index (χ3n) is 3.46. The molecule has 1 aliphatic heterocycles. The SMILES string of the molecule is NCC(c1cccs1)C(O)c1cccc2c1OCCO2. The van der Waals surface area contributed by atoms with E-state index in [1.807, 2.05) is 35.7 Å². The van der Waals surface area contributed by atoms with Gasteiger partial charge in [0.25, 0.3) is 0 Å². The number of aliphatic hydroxyl groups is 1. The molecule has 3 N–H and O–H groups in total. The van der Waals surface area contributed by atoms with Crippen LogP contribution >= 0.6 is 11.3 Å². The van der Waals surface area contributed by atoms with E-state index in [1.54, 1.807) is 11.3 Å². The largest absolute Gasteiger partial charge is 0.486 e. The minimum Gasteiger partial charge on any atom is -0.486 e. The van der Waals surface area contributed by atoms with Gasteiger partial charge in [0, 0.05) is 22.9 Å². The molecule has 106 valence electrons. The smallest absolute Gasteiger partial charge is 0.167 e. The summed E-state index contributed by atoms with van der Waals surface area (Å²) in [7, 11) is 0. The summed E-state index contributed by atoms with van der Waals surface area (Å²) in [4.78, 5) is 1.08. The van der Waals surface area contributed by atoms with Crippen LogP contribution in [0.2, 0.25) is 0 Å². The Balaban J connectivity index is 1.95. The summed E-state index contributed by atoms with van der Waals surface area (Å²) in [5.74, 6) is 1.20. The van der Waals surface area contributed by atoms with Crippen molar-refractivity contribution in [3.05, 3.63) is 46.2 Å². The van der Waals surface area contributed by atoms with Crippen LogP contribution in [-0.2, 0) is 0 Å². The lowest BCUT2D eigenvalue weighted by Gasteiger charge is -2.26. The Morgan fingerprint density at radius 3 is 2.80 bits per heavy atom. The second-order valence-corrected chi connectivity index (χ2v) is 5.65. The first-order chi connectivity index (χ1) is 9.81. The standard InChI is InChI=1S/C15H17NO3S/c16-9-11(13-5-2-8-20-13)14(17)10-3-1-4-12-15(10)19-7-6-18-12/h1-5,8,11,14,17H,6-7,9,16H2. The molecule has 2 heterocycles. The van der Waals surface area contributed by atoms with E-state index in [1.165, 1.54) is 0 Å². The van der Waals surface area contributed by atoms with Gasteiger partial charge in [-0.25, -0.2) is 0 Å². The Kier molecular flexibility index (Phi) is 3.91. The number of nitrogens with two attached hydrogens (primary N) is 1. The van der Waals surface area contributed by atoms with Crippen LogP contribution in [-0.4, -0.2) is 24.9 Å². The maximum absolute atomic E-state index is 10.7. The zero-order valence-electron chi connectivity index (χ0n) is 11.0. The molecule has 0 aliphatic carbocycles. The summed E-state index contributed by atoms with van der Waals surface area (Å²) in [5, 5.41) is 12.7. The van der Waals surface area contributed by atoms with Crippen molar-refractivity contribution < 1.29 is 14.6 Å². The molecular formula is C15H17NO3S. The molecule has 2 unspecified atom stereocenters. The van der Waals surface area contributed by atoms with E-state index >= 15 is 0 Å². The molecule has 0 amide bonds. The highest BCUT2D eigenvalue weighted by Crippen LogP contribution is 2.42. The molecule has 0 spiro atoms. The molecule has 1 aromatic heterocycles. The normalized spacial score (nSPS) is 16.7. The molecule has 0 radical (unpaired) electrons. The van der Waals surface area contributed by atoms with Gasteiger partial charge in [0.1, 0.15) is 13.2 Å². The first kappa shape index (κ1) is 13.4. The molecule has 0 bridgehead atoms. The number of ether oxygens (including phenoxy) is 2. The lowest BCUT2D eigenvalue weighted by Crippen LogP contribution is -2.22. The fourth-order valence-corrected chi connectivity index (χ4v) is 3.32. The van der Waals surface area contributed by atoms with Gasteiger partial charge in [-0.3, -0.25) is 0 Å². The zero-order chi connectivity index (χ0) is 13.9. The molecule has 3 rings (SSSR count). The number of para-hydroxylation sites is 1. The van der Waals surface area contributed by atoms with Crippen molar-refractivity contribution in [2.75, 3.05) is 19.8 Å². The molecule has 20 heavy (non-hydrogen) atoms. The maximum atomic E-state index is 10.7. The summed E-state index contributed by atoms with van der Waals surface area (Å²) in [6.07, 6.45) is -0.699. The van der Waals surface area contributed by atoms with Gasteiger partial charge in [-0.05, 0) is 17.5 Å². The fourth-order valence-electron chi connectivity index (χ4n) is 2.45. The third-order valence-corrected chi connectivity index (χ3v) is 4.46. The summed E-state index contributed by atoms with van der Waals surface area (Å²) >= 11 is 1.60. The van der Waals surface area contributed by atoms with Crippen LogP contribution in [0.25, 0.3) is 0 Å².